The van der Waals surface area contributed by atoms with E-state index in [1.165, 1.54) is 12.2 Å². The highest BCUT2D eigenvalue weighted by molar-refractivity contribution is 5.86. The summed E-state index contributed by atoms with van der Waals surface area (Å²) < 4.78 is 20.8. The first-order chi connectivity index (χ1) is 13.7. The van der Waals surface area contributed by atoms with Gasteiger partial charge in [-0.2, -0.15) is 4.98 Å². The summed E-state index contributed by atoms with van der Waals surface area (Å²) in [6.07, 6.45) is 2.67. The molecule has 4 rings (SSSR count). The molecular weight excluding hydrogens is 362 g/mol. The Balaban J connectivity index is 1.35. The molecule has 0 aliphatic rings. The van der Waals surface area contributed by atoms with Crippen LogP contribution in [-0.4, -0.2) is 28.2 Å². The number of carbonyl (C=O) groups excluding carboxylic acids is 1. The molecule has 0 fully saturated rings. The molecule has 0 amide bonds. The molecule has 0 N–H and O–H groups in total. The second-order valence-electron chi connectivity index (χ2n) is 5.70. The van der Waals surface area contributed by atoms with Crippen LogP contribution in [0.25, 0.3) is 28.6 Å². The van der Waals surface area contributed by atoms with Crippen molar-refractivity contribution in [2.45, 2.75) is 6.61 Å². The quantitative estimate of drug-likeness (QED) is 0.371. The molecule has 140 valence electrons. The number of hydrogen-bond donors (Lipinski definition) is 0. The van der Waals surface area contributed by atoms with Crippen molar-refractivity contribution in [2.24, 2.45) is 0 Å². The number of benzene rings is 2. The molecule has 0 aliphatic heterocycles. The first-order valence-corrected chi connectivity index (χ1v) is 8.39. The third-order valence-corrected chi connectivity index (χ3v) is 3.83. The van der Waals surface area contributed by atoms with Gasteiger partial charge in [-0.3, -0.25) is 0 Å². The van der Waals surface area contributed by atoms with Gasteiger partial charge in [-0.1, -0.05) is 17.3 Å². The number of rotatable bonds is 6. The van der Waals surface area contributed by atoms with Gasteiger partial charge < -0.3 is 18.4 Å². The molecule has 4 aromatic rings. The van der Waals surface area contributed by atoms with E-state index in [1.807, 2.05) is 30.3 Å². The molecule has 0 atom stereocenters. The summed E-state index contributed by atoms with van der Waals surface area (Å²) in [5.41, 5.74) is 2.12. The van der Waals surface area contributed by atoms with Crippen molar-refractivity contribution in [1.82, 2.24) is 15.1 Å². The Labute approximate surface area is 159 Å². The van der Waals surface area contributed by atoms with E-state index >= 15 is 0 Å². The predicted molar refractivity (Wildman–Crippen MR) is 99.1 cm³/mol. The van der Waals surface area contributed by atoms with Gasteiger partial charge in [-0.15, -0.1) is 0 Å². The summed E-state index contributed by atoms with van der Waals surface area (Å²) in [4.78, 5) is 20.3. The van der Waals surface area contributed by atoms with Gasteiger partial charge in [0.15, 0.2) is 12.2 Å². The molecule has 28 heavy (non-hydrogen) atoms. The normalized spacial score (nSPS) is 11.2. The van der Waals surface area contributed by atoms with E-state index in [2.05, 4.69) is 15.1 Å². The zero-order valence-electron chi connectivity index (χ0n) is 14.9. The van der Waals surface area contributed by atoms with Crippen LogP contribution in [0.5, 0.6) is 5.75 Å². The fraction of sp³-hybridized carbons (Fsp3) is 0.100. The Morgan fingerprint density at radius 1 is 1.11 bits per heavy atom. The highest BCUT2D eigenvalue weighted by Crippen LogP contribution is 2.20. The van der Waals surface area contributed by atoms with E-state index in [9.17, 15) is 4.79 Å². The van der Waals surface area contributed by atoms with Crippen molar-refractivity contribution in [1.29, 1.82) is 0 Å². The molecule has 0 radical (unpaired) electrons. The lowest BCUT2D eigenvalue weighted by Gasteiger charge is -1.99. The van der Waals surface area contributed by atoms with Crippen LogP contribution in [0.4, 0.5) is 0 Å². The number of esters is 1. The van der Waals surface area contributed by atoms with Gasteiger partial charge in [0.05, 0.1) is 7.11 Å². The summed E-state index contributed by atoms with van der Waals surface area (Å²) >= 11 is 0. The van der Waals surface area contributed by atoms with Crippen LogP contribution in [0.15, 0.2) is 63.5 Å². The van der Waals surface area contributed by atoms with Crippen molar-refractivity contribution < 1.29 is 23.2 Å². The molecular formula is C20H15N3O5. The van der Waals surface area contributed by atoms with E-state index in [4.69, 9.17) is 18.4 Å². The summed E-state index contributed by atoms with van der Waals surface area (Å²) in [5, 5.41) is 3.88. The topological polar surface area (TPSA) is 100 Å². The van der Waals surface area contributed by atoms with E-state index in [0.717, 1.165) is 11.3 Å². The highest BCUT2D eigenvalue weighted by atomic mass is 16.6. The predicted octanol–water partition coefficient (Wildman–Crippen LogP) is 3.64. The SMILES string of the molecule is COc1ccc(-c2noc(COC(=O)/C=C/c3nc4ccccc4o3)n2)cc1. The van der Waals surface area contributed by atoms with Gasteiger partial charge >= 0.3 is 5.97 Å². The van der Waals surface area contributed by atoms with E-state index in [-0.39, 0.29) is 12.5 Å². The molecule has 0 saturated carbocycles. The maximum absolute atomic E-state index is 11.9. The molecule has 2 aromatic heterocycles. The van der Waals surface area contributed by atoms with Gasteiger partial charge in [0.1, 0.15) is 11.3 Å². The molecule has 2 heterocycles. The number of aromatic nitrogens is 3. The van der Waals surface area contributed by atoms with Crippen LogP contribution >= 0.6 is 0 Å². The highest BCUT2D eigenvalue weighted by Gasteiger charge is 2.10. The molecule has 8 heteroatoms. The average molecular weight is 377 g/mol. The number of para-hydroxylation sites is 2. The van der Waals surface area contributed by atoms with Crippen LogP contribution in [-0.2, 0) is 16.1 Å². The lowest BCUT2D eigenvalue weighted by Crippen LogP contribution is -2.01. The summed E-state index contributed by atoms with van der Waals surface area (Å²) in [5.74, 6) is 1.06. The summed E-state index contributed by atoms with van der Waals surface area (Å²) in [6.45, 7) is -0.139. The van der Waals surface area contributed by atoms with Crippen LogP contribution in [0, 0.1) is 0 Å². The van der Waals surface area contributed by atoms with E-state index < -0.39 is 5.97 Å². The third-order valence-electron chi connectivity index (χ3n) is 3.83. The number of fused-ring (bicyclic) bond motifs is 1. The van der Waals surface area contributed by atoms with Crippen LogP contribution in [0.1, 0.15) is 11.8 Å². The zero-order valence-corrected chi connectivity index (χ0v) is 14.9. The second kappa shape index (κ2) is 7.75. The van der Waals surface area contributed by atoms with Gasteiger partial charge in [0, 0.05) is 17.7 Å². The van der Waals surface area contributed by atoms with Crippen molar-refractivity contribution in [3.8, 4) is 17.1 Å². The molecule has 2 aromatic carbocycles. The first kappa shape index (κ1) is 17.5. The zero-order chi connectivity index (χ0) is 19.3. The number of methoxy groups -OCH3 is 1. The van der Waals surface area contributed by atoms with Gasteiger partial charge in [0.25, 0.3) is 5.89 Å². The Kier molecular flexibility index (Phi) is 4.83. The fourth-order valence-electron chi connectivity index (χ4n) is 2.45. The number of nitrogens with zero attached hydrogens (tertiary/aromatic N) is 3. The first-order valence-electron chi connectivity index (χ1n) is 8.39. The maximum atomic E-state index is 11.9. The van der Waals surface area contributed by atoms with Crippen molar-refractivity contribution >= 4 is 23.1 Å². The Morgan fingerprint density at radius 3 is 2.71 bits per heavy atom. The minimum absolute atomic E-state index is 0.139. The standard InChI is InChI=1S/C20H15N3O5/c1-25-14-8-6-13(7-9-14)20-22-18(28-23-20)12-26-19(24)11-10-17-21-15-4-2-3-5-16(15)27-17/h2-11H,12H2,1H3/b11-10+. The molecule has 0 spiro atoms. The van der Waals surface area contributed by atoms with Crippen LogP contribution < -0.4 is 4.74 Å². The van der Waals surface area contributed by atoms with Crippen molar-refractivity contribution in [2.75, 3.05) is 7.11 Å². The van der Waals surface area contributed by atoms with Crippen LogP contribution in [0.2, 0.25) is 0 Å². The Morgan fingerprint density at radius 2 is 1.93 bits per heavy atom. The van der Waals surface area contributed by atoms with Gasteiger partial charge in [-0.25, -0.2) is 9.78 Å². The smallest absolute Gasteiger partial charge is 0.331 e. The number of carbonyl (C=O) groups is 1. The maximum Gasteiger partial charge on any atom is 0.331 e. The fourth-order valence-corrected chi connectivity index (χ4v) is 2.45. The number of oxazole rings is 1. The minimum atomic E-state index is -0.577. The molecule has 0 unspecified atom stereocenters. The Hall–Kier alpha value is -3.94. The average Bonchev–Trinajstić information content (AvgIpc) is 3.37. The van der Waals surface area contributed by atoms with Crippen molar-refractivity contribution in [3.05, 3.63) is 66.4 Å². The van der Waals surface area contributed by atoms with Gasteiger partial charge in [0.2, 0.25) is 11.7 Å². The van der Waals surface area contributed by atoms with Crippen LogP contribution in [0.3, 0.4) is 0 Å². The number of hydrogen-bond acceptors (Lipinski definition) is 8. The van der Waals surface area contributed by atoms with Crippen molar-refractivity contribution in [3.63, 3.8) is 0 Å². The largest absolute Gasteiger partial charge is 0.497 e. The monoisotopic (exact) mass is 377 g/mol. The molecule has 0 saturated heterocycles. The number of ether oxygens (including phenoxy) is 2. The van der Waals surface area contributed by atoms with E-state index in [0.29, 0.717) is 22.8 Å². The minimum Gasteiger partial charge on any atom is -0.497 e. The van der Waals surface area contributed by atoms with E-state index in [1.54, 1.807) is 25.3 Å². The van der Waals surface area contributed by atoms with Gasteiger partial charge in [-0.05, 0) is 36.4 Å². The molecule has 8 nitrogen and oxygen atoms in total. The Bertz CT molecular complexity index is 1100. The third kappa shape index (κ3) is 3.90. The summed E-state index contributed by atoms with van der Waals surface area (Å²) in [7, 11) is 1.59. The lowest BCUT2D eigenvalue weighted by molar-refractivity contribution is -0.139. The summed E-state index contributed by atoms with van der Waals surface area (Å²) in [6, 6.07) is 14.5. The second-order valence-corrected chi connectivity index (χ2v) is 5.70. The lowest BCUT2D eigenvalue weighted by atomic mass is 10.2. The molecule has 0 aliphatic carbocycles. The molecule has 0 bridgehead atoms.